The molecule has 0 bridgehead atoms. The molecule has 1 aliphatic carbocycles. The van der Waals surface area contributed by atoms with Crippen LogP contribution in [0.4, 0.5) is 5.82 Å². The van der Waals surface area contributed by atoms with E-state index in [1.807, 2.05) is 0 Å². The van der Waals surface area contributed by atoms with Crippen molar-refractivity contribution in [3.05, 3.63) is 18.1 Å². The Hall–Kier alpha value is -1.16. The summed E-state index contributed by atoms with van der Waals surface area (Å²) in [6, 6.07) is 3.58. The Morgan fingerprint density at radius 3 is 3.00 bits per heavy atom. The molecule has 108 valence electrons. The standard InChI is InChI=1S/C16H24N4/c1-2-15-9-13(5-7-20(15)6-1)19-16-10-14(17-11-18-16)8-12-3-4-12/h10-13,15H,1-9H2,(H,17,18,19). The van der Waals surface area contributed by atoms with Crippen LogP contribution in [0.25, 0.3) is 0 Å². The van der Waals surface area contributed by atoms with E-state index in [0.717, 1.165) is 24.2 Å². The van der Waals surface area contributed by atoms with Crippen molar-refractivity contribution in [2.45, 2.75) is 57.0 Å². The van der Waals surface area contributed by atoms with Crippen molar-refractivity contribution in [3.8, 4) is 0 Å². The number of rotatable bonds is 4. The molecule has 3 heterocycles. The van der Waals surface area contributed by atoms with Crippen molar-refractivity contribution in [3.63, 3.8) is 0 Å². The highest BCUT2D eigenvalue weighted by Gasteiger charge is 2.31. The van der Waals surface area contributed by atoms with Gasteiger partial charge in [-0.1, -0.05) is 0 Å². The highest BCUT2D eigenvalue weighted by atomic mass is 15.2. The Bertz CT molecular complexity index is 471. The molecule has 0 aromatic carbocycles. The topological polar surface area (TPSA) is 41.1 Å². The van der Waals surface area contributed by atoms with E-state index in [9.17, 15) is 0 Å². The van der Waals surface area contributed by atoms with Gasteiger partial charge in [-0.05, 0) is 57.4 Å². The van der Waals surface area contributed by atoms with Gasteiger partial charge in [0.15, 0.2) is 0 Å². The molecule has 20 heavy (non-hydrogen) atoms. The number of aromatic nitrogens is 2. The molecule has 0 radical (unpaired) electrons. The van der Waals surface area contributed by atoms with Crippen LogP contribution < -0.4 is 5.32 Å². The van der Waals surface area contributed by atoms with E-state index < -0.39 is 0 Å². The summed E-state index contributed by atoms with van der Waals surface area (Å²) in [5, 5.41) is 3.65. The number of anilines is 1. The van der Waals surface area contributed by atoms with Gasteiger partial charge in [0.2, 0.25) is 0 Å². The summed E-state index contributed by atoms with van der Waals surface area (Å²) in [7, 11) is 0. The van der Waals surface area contributed by atoms with Crippen molar-refractivity contribution >= 4 is 5.82 Å². The molecular weight excluding hydrogens is 248 g/mol. The van der Waals surface area contributed by atoms with E-state index in [1.165, 1.54) is 57.3 Å². The molecule has 2 unspecified atom stereocenters. The Morgan fingerprint density at radius 2 is 2.10 bits per heavy atom. The van der Waals surface area contributed by atoms with Crippen molar-refractivity contribution in [1.29, 1.82) is 0 Å². The molecular formula is C16H24N4. The zero-order chi connectivity index (χ0) is 13.4. The molecule has 1 N–H and O–H groups in total. The van der Waals surface area contributed by atoms with E-state index in [1.54, 1.807) is 6.33 Å². The maximum atomic E-state index is 4.41. The Labute approximate surface area is 121 Å². The minimum absolute atomic E-state index is 0.595. The van der Waals surface area contributed by atoms with Crippen LogP contribution in [0.15, 0.2) is 12.4 Å². The van der Waals surface area contributed by atoms with Gasteiger partial charge in [-0.15, -0.1) is 0 Å². The number of hydrogen-bond donors (Lipinski definition) is 1. The van der Waals surface area contributed by atoms with Gasteiger partial charge in [0.25, 0.3) is 0 Å². The highest BCUT2D eigenvalue weighted by molar-refractivity contribution is 5.36. The molecule has 0 spiro atoms. The van der Waals surface area contributed by atoms with Crippen LogP contribution in [0.3, 0.4) is 0 Å². The second kappa shape index (κ2) is 5.32. The van der Waals surface area contributed by atoms with E-state index in [0.29, 0.717) is 6.04 Å². The van der Waals surface area contributed by atoms with Gasteiger partial charge in [0.05, 0.1) is 0 Å². The molecule has 4 heteroatoms. The maximum absolute atomic E-state index is 4.41. The predicted molar refractivity (Wildman–Crippen MR) is 79.7 cm³/mol. The SMILES string of the molecule is c1nc(CC2CC2)cc(NC2CCN3CCCC3C2)n1. The number of nitrogens with zero attached hydrogens (tertiary/aromatic N) is 3. The zero-order valence-electron chi connectivity index (χ0n) is 12.1. The summed E-state index contributed by atoms with van der Waals surface area (Å²) in [5.41, 5.74) is 1.21. The molecule has 4 nitrogen and oxygen atoms in total. The first-order chi connectivity index (χ1) is 9.87. The number of fused-ring (bicyclic) bond motifs is 1. The zero-order valence-corrected chi connectivity index (χ0v) is 12.1. The molecule has 0 amide bonds. The van der Waals surface area contributed by atoms with Crippen LogP contribution in [0, 0.1) is 5.92 Å². The molecule has 3 fully saturated rings. The molecule has 1 saturated carbocycles. The maximum Gasteiger partial charge on any atom is 0.129 e. The first kappa shape index (κ1) is 12.6. The minimum atomic E-state index is 0.595. The Kier molecular flexibility index (Phi) is 3.34. The third kappa shape index (κ3) is 2.80. The third-order valence-electron chi connectivity index (χ3n) is 5.09. The average Bonchev–Trinajstić information content (AvgIpc) is 3.14. The first-order valence-corrected chi connectivity index (χ1v) is 8.18. The fourth-order valence-corrected chi connectivity index (χ4v) is 3.77. The lowest BCUT2D eigenvalue weighted by Gasteiger charge is -2.35. The van der Waals surface area contributed by atoms with Crippen LogP contribution in [-0.4, -0.2) is 40.0 Å². The summed E-state index contributed by atoms with van der Waals surface area (Å²) >= 11 is 0. The summed E-state index contributed by atoms with van der Waals surface area (Å²) in [6.45, 7) is 2.57. The average molecular weight is 272 g/mol. The van der Waals surface area contributed by atoms with Crippen LogP contribution in [0.1, 0.15) is 44.2 Å². The van der Waals surface area contributed by atoms with Crippen molar-refractivity contribution in [2.24, 2.45) is 5.92 Å². The van der Waals surface area contributed by atoms with Crippen LogP contribution >= 0.6 is 0 Å². The first-order valence-electron chi connectivity index (χ1n) is 8.18. The molecule has 2 saturated heterocycles. The van der Waals surface area contributed by atoms with E-state index >= 15 is 0 Å². The molecule has 4 rings (SSSR count). The lowest BCUT2D eigenvalue weighted by molar-refractivity contribution is 0.188. The van der Waals surface area contributed by atoms with Crippen LogP contribution in [-0.2, 0) is 6.42 Å². The third-order valence-corrected chi connectivity index (χ3v) is 5.09. The van der Waals surface area contributed by atoms with Gasteiger partial charge in [-0.2, -0.15) is 0 Å². The summed E-state index contributed by atoms with van der Waals surface area (Å²) in [4.78, 5) is 11.5. The molecule has 2 atom stereocenters. The summed E-state index contributed by atoms with van der Waals surface area (Å²) < 4.78 is 0. The lowest BCUT2D eigenvalue weighted by Crippen LogP contribution is -2.42. The normalized spacial score (nSPS) is 30.2. The molecule has 2 aliphatic heterocycles. The number of piperidine rings is 1. The summed E-state index contributed by atoms with van der Waals surface area (Å²) in [5.74, 6) is 1.92. The molecule has 1 aromatic rings. The fourth-order valence-electron chi connectivity index (χ4n) is 3.77. The van der Waals surface area contributed by atoms with Crippen LogP contribution in [0.2, 0.25) is 0 Å². The van der Waals surface area contributed by atoms with E-state index in [4.69, 9.17) is 0 Å². The van der Waals surface area contributed by atoms with Crippen molar-refractivity contribution < 1.29 is 0 Å². The number of nitrogens with one attached hydrogen (secondary N) is 1. The van der Waals surface area contributed by atoms with Gasteiger partial charge in [-0.3, -0.25) is 0 Å². The quantitative estimate of drug-likeness (QED) is 0.914. The van der Waals surface area contributed by atoms with E-state index in [2.05, 4.69) is 26.3 Å². The molecule has 1 aromatic heterocycles. The van der Waals surface area contributed by atoms with Crippen molar-refractivity contribution in [2.75, 3.05) is 18.4 Å². The van der Waals surface area contributed by atoms with Crippen LogP contribution in [0.5, 0.6) is 0 Å². The molecule has 3 aliphatic rings. The van der Waals surface area contributed by atoms with Crippen molar-refractivity contribution in [1.82, 2.24) is 14.9 Å². The second-order valence-electron chi connectivity index (χ2n) is 6.74. The van der Waals surface area contributed by atoms with Gasteiger partial charge in [0, 0.05) is 30.4 Å². The second-order valence-corrected chi connectivity index (χ2v) is 6.74. The highest BCUT2D eigenvalue weighted by Crippen LogP contribution is 2.32. The van der Waals surface area contributed by atoms with Gasteiger partial charge in [0.1, 0.15) is 12.1 Å². The van der Waals surface area contributed by atoms with E-state index in [-0.39, 0.29) is 0 Å². The largest absolute Gasteiger partial charge is 0.367 e. The minimum Gasteiger partial charge on any atom is -0.367 e. The van der Waals surface area contributed by atoms with Gasteiger partial charge >= 0.3 is 0 Å². The Balaban J connectivity index is 1.38. The fraction of sp³-hybridized carbons (Fsp3) is 0.750. The monoisotopic (exact) mass is 272 g/mol. The van der Waals surface area contributed by atoms with Gasteiger partial charge in [-0.25, -0.2) is 9.97 Å². The summed E-state index contributed by atoms with van der Waals surface area (Å²) in [6.07, 6.45) is 10.9. The number of hydrogen-bond acceptors (Lipinski definition) is 4. The predicted octanol–water partition coefficient (Wildman–Crippen LogP) is 2.47. The Morgan fingerprint density at radius 1 is 1.15 bits per heavy atom. The lowest BCUT2D eigenvalue weighted by atomic mass is 9.97. The smallest absolute Gasteiger partial charge is 0.129 e. The van der Waals surface area contributed by atoms with Gasteiger partial charge < -0.3 is 10.2 Å².